The van der Waals surface area contributed by atoms with Crippen molar-refractivity contribution in [2.75, 3.05) is 18.4 Å². The Labute approximate surface area is 176 Å². The maximum Gasteiger partial charge on any atom is 0.253 e. The van der Waals surface area contributed by atoms with Gasteiger partial charge in [-0.3, -0.25) is 4.79 Å². The average molecular weight is 403 g/mol. The van der Waals surface area contributed by atoms with E-state index < -0.39 is 0 Å². The predicted octanol–water partition coefficient (Wildman–Crippen LogP) is 3.96. The van der Waals surface area contributed by atoms with Gasteiger partial charge < -0.3 is 10.2 Å². The van der Waals surface area contributed by atoms with Gasteiger partial charge in [0, 0.05) is 47.7 Å². The summed E-state index contributed by atoms with van der Waals surface area (Å²) in [5, 5.41) is 3.21. The normalized spacial score (nSPS) is 16.4. The fourth-order valence-corrected chi connectivity index (χ4v) is 3.87. The van der Waals surface area contributed by atoms with Crippen LogP contribution in [-0.2, 0) is 0 Å². The molecule has 7 heteroatoms. The monoisotopic (exact) mass is 402 g/mol. The molecule has 2 aromatic heterocycles. The SMILES string of the molecule is Cc1cc(C)nc(Nc2cc(C)nc([C@H]3CCCN(C(=O)c4ccccc4)C3)n2)n1. The summed E-state index contributed by atoms with van der Waals surface area (Å²) in [6, 6.07) is 13.3. The van der Waals surface area contributed by atoms with Crippen molar-refractivity contribution in [2.24, 2.45) is 0 Å². The van der Waals surface area contributed by atoms with Crippen molar-refractivity contribution in [2.45, 2.75) is 39.5 Å². The van der Waals surface area contributed by atoms with E-state index in [9.17, 15) is 4.79 Å². The third kappa shape index (κ3) is 4.62. The molecule has 0 aliphatic carbocycles. The van der Waals surface area contributed by atoms with Crippen molar-refractivity contribution in [1.29, 1.82) is 0 Å². The largest absolute Gasteiger partial charge is 0.338 e. The van der Waals surface area contributed by atoms with Crippen LogP contribution in [0.1, 0.15) is 52.0 Å². The number of nitrogens with zero attached hydrogens (tertiary/aromatic N) is 5. The van der Waals surface area contributed by atoms with E-state index in [1.54, 1.807) is 0 Å². The maximum atomic E-state index is 12.9. The first-order chi connectivity index (χ1) is 14.5. The number of rotatable bonds is 4. The molecule has 3 heterocycles. The van der Waals surface area contributed by atoms with Crippen molar-refractivity contribution < 1.29 is 4.79 Å². The molecular weight excluding hydrogens is 376 g/mol. The number of nitrogens with one attached hydrogen (secondary N) is 1. The van der Waals surface area contributed by atoms with Crippen molar-refractivity contribution in [3.63, 3.8) is 0 Å². The molecule has 4 rings (SSSR count). The standard InChI is InChI=1S/C23H26N6O/c1-15-12-16(2)26-23(25-15)28-20-13-17(3)24-21(27-20)19-10-7-11-29(14-19)22(30)18-8-5-4-6-9-18/h4-6,8-9,12-13,19H,7,10-11,14H2,1-3H3,(H,24,25,26,27,28)/t19-/m0/s1. The molecule has 1 fully saturated rings. The van der Waals surface area contributed by atoms with E-state index in [0.29, 0.717) is 18.3 Å². The van der Waals surface area contributed by atoms with Crippen LogP contribution in [0.3, 0.4) is 0 Å². The van der Waals surface area contributed by atoms with Gasteiger partial charge in [0.25, 0.3) is 5.91 Å². The number of benzene rings is 1. The highest BCUT2D eigenvalue weighted by molar-refractivity contribution is 5.94. The molecule has 1 aromatic carbocycles. The third-order valence-electron chi connectivity index (χ3n) is 5.19. The zero-order chi connectivity index (χ0) is 21.1. The summed E-state index contributed by atoms with van der Waals surface area (Å²) >= 11 is 0. The molecule has 0 saturated carbocycles. The lowest BCUT2D eigenvalue weighted by atomic mass is 9.96. The van der Waals surface area contributed by atoms with Gasteiger partial charge in [0.2, 0.25) is 5.95 Å². The van der Waals surface area contributed by atoms with Crippen molar-refractivity contribution in [3.8, 4) is 0 Å². The number of piperidine rings is 1. The fourth-order valence-electron chi connectivity index (χ4n) is 3.87. The first-order valence-corrected chi connectivity index (χ1v) is 10.3. The lowest BCUT2D eigenvalue weighted by Gasteiger charge is -2.32. The van der Waals surface area contributed by atoms with Gasteiger partial charge in [0.15, 0.2) is 0 Å². The topological polar surface area (TPSA) is 83.9 Å². The number of hydrogen-bond acceptors (Lipinski definition) is 6. The Kier molecular flexibility index (Phi) is 5.70. The summed E-state index contributed by atoms with van der Waals surface area (Å²) in [6.07, 6.45) is 1.89. The number of carbonyl (C=O) groups excluding carboxylic acids is 1. The molecule has 30 heavy (non-hydrogen) atoms. The molecule has 1 aliphatic heterocycles. The minimum absolute atomic E-state index is 0.0648. The average Bonchev–Trinajstić information content (AvgIpc) is 2.73. The van der Waals surface area contributed by atoms with Crippen LogP contribution in [0.2, 0.25) is 0 Å². The number of amides is 1. The molecule has 1 amide bonds. The van der Waals surface area contributed by atoms with Crippen LogP contribution in [0.4, 0.5) is 11.8 Å². The first-order valence-electron chi connectivity index (χ1n) is 10.3. The maximum absolute atomic E-state index is 12.9. The molecular formula is C23H26N6O. The van der Waals surface area contributed by atoms with Gasteiger partial charge in [0.1, 0.15) is 11.6 Å². The molecule has 1 saturated heterocycles. The van der Waals surface area contributed by atoms with Gasteiger partial charge in [-0.05, 0) is 51.8 Å². The summed E-state index contributed by atoms with van der Waals surface area (Å²) in [7, 11) is 0. The van der Waals surface area contributed by atoms with E-state index in [2.05, 4.69) is 20.3 Å². The summed E-state index contributed by atoms with van der Waals surface area (Å²) in [6.45, 7) is 7.22. The van der Waals surface area contributed by atoms with Crippen LogP contribution < -0.4 is 5.32 Å². The number of carbonyl (C=O) groups is 1. The molecule has 154 valence electrons. The minimum Gasteiger partial charge on any atom is -0.338 e. The number of hydrogen-bond donors (Lipinski definition) is 1. The predicted molar refractivity (Wildman–Crippen MR) is 116 cm³/mol. The molecule has 3 aromatic rings. The smallest absolute Gasteiger partial charge is 0.253 e. The van der Waals surface area contributed by atoms with Gasteiger partial charge in [0.05, 0.1) is 0 Å². The number of aryl methyl sites for hydroxylation is 3. The highest BCUT2D eigenvalue weighted by atomic mass is 16.2. The summed E-state index contributed by atoms with van der Waals surface area (Å²) < 4.78 is 0. The second-order valence-electron chi connectivity index (χ2n) is 7.81. The van der Waals surface area contributed by atoms with E-state index in [1.807, 2.05) is 68.1 Å². The number of likely N-dealkylation sites (tertiary alicyclic amines) is 1. The van der Waals surface area contributed by atoms with Gasteiger partial charge in [-0.1, -0.05) is 18.2 Å². The van der Waals surface area contributed by atoms with Crippen LogP contribution in [-0.4, -0.2) is 43.8 Å². The Morgan fingerprint density at radius 1 is 0.967 bits per heavy atom. The molecule has 0 bridgehead atoms. The van der Waals surface area contributed by atoms with Crippen LogP contribution in [0.5, 0.6) is 0 Å². The Morgan fingerprint density at radius 3 is 2.40 bits per heavy atom. The lowest BCUT2D eigenvalue weighted by molar-refractivity contribution is 0.0704. The second kappa shape index (κ2) is 8.57. The highest BCUT2D eigenvalue weighted by Crippen LogP contribution is 2.27. The van der Waals surface area contributed by atoms with E-state index in [1.165, 1.54) is 0 Å². The van der Waals surface area contributed by atoms with E-state index in [0.717, 1.165) is 47.9 Å². The van der Waals surface area contributed by atoms with Crippen LogP contribution >= 0.6 is 0 Å². The Hall–Kier alpha value is -3.35. The van der Waals surface area contributed by atoms with Crippen molar-refractivity contribution in [1.82, 2.24) is 24.8 Å². The summed E-state index contributed by atoms with van der Waals surface area (Å²) in [4.78, 5) is 33.1. The third-order valence-corrected chi connectivity index (χ3v) is 5.19. The van der Waals surface area contributed by atoms with Crippen molar-refractivity contribution >= 4 is 17.7 Å². The van der Waals surface area contributed by atoms with Crippen LogP contribution in [0.15, 0.2) is 42.5 Å². The number of anilines is 2. The first kappa shape index (κ1) is 19.9. The van der Waals surface area contributed by atoms with Crippen LogP contribution in [0.25, 0.3) is 0 Å². The zero-order valence-corrected chi connectivity index (χ0v) is 17.6. The van der Waals surface area contributed by atoms with E-state index in [-0.39, 0.29) is 11.8 Å². The lowest BCUT2D eigenvalue weighted by Crippen LogP contribution is -2.39. The van der Waals surface area contributed by atoms with Crippen molar-refractivity contribution in [3.05, 3.63) is 70.9 Å². The Morgan fingerprint density at radius 2 is 1.67 bits per heavy atom. The van der Waals surface area contributed by atoms with E-state index >= 15 is 0 Å². The van der Waals surface area contributed by atoms with Gasteiger partial charge in [-0.25, -0.2) is 19.9 Å². The second-order valence-corrected chi connectivity index (χ2v) is 7.81. The molecule has 0 unspecified atom stereocenters. The Bertz CT molecular complexity index is 1030. The quantitative estimate of drug-likeness (QED) is 0.711. The molecule has 1 aliphatic rings. The number of aromatic nitrogens is 4. The fraction of sp³-hybridized carbons (Fsp3) is 0.348. The van der Waals surface area contributed by atoms with Gasteiger partial charge in [-0.2, -0.15) is 0 Å². The zero-order valence-electron chi connectivity index (χ0n) is 17.6. The summed E-state index contributed by atoms with van der Waals surface area (Å²) in [5.41, 5.74) is 3.40. The van der Waals surface area contributed by atoms with E-state index in [4.69, 9.17) is 4.98 Å². The Balaban J connectivity index is 1.54. The van der Waals surface area contributed by atoms with Crippen LogP contribution in [0, 0.1) is 20.8 Å². The molecule has 1 atom stereocenters. The van der Waals surface area contributed by atoms with Gasteiger partial charge in [-0.15, -0.1) is 0 Å². The van der Waals surface area contributed by atoms with Gasteiger partial charge >= 0.3 is 0 Å². The summed E-state index contributed by atoms with van der Waals surface area (Å²) in [5.74, 6) is 2.13. The molecule has 0 spiro atoms. The molecule has 7 nitrogen and oxygen atoms in total. The highest BCUT2D eigenvalue weighted by Gasteiger charge is 2.27. The molecule has 1 N–H and O–H groups in total. The molecule has 0 radical (unpaired) electrons. The minimum atomic E-state index is 0.0648.